The zero-order chi connectivity index (χ0) is 8.27. The molecule has 1 heterocycles. The first-order valence-corrected chi connectivity index (χ1v) is 3.45. The normalized spacial score (nSPS) is 29.0. The summed E-state index contributed by atoms with van der Waals surface area (Å²) in [4.78, 5) is 10.8. The molecule has 0 aromatic carbocycles. The molecule has 0 bridgehead atoms. The molecule has 0 spiro atoms. The fraction of sp³-hybridized carbons (Fsp3) is 0.833. The fourth-order valence-corrected chi connectivity index (χ4v) is 1.02. The number of methoxy groups -OCH3 is 1. The van der Waals surface area contributed by atoms with E-state index in [1.54, 1.807) is 0 Å². The molecule has 1 aliphatic rings. The summed E-state index contributed by atoms with van der Waals surface area (Å²) in [5.74, 6) is -0.154. The minimum Gasteiger partial charge on any atom is -0.381 e. The van der Waals surface area contributed by atoms with Crippen molar-refractivity contribution < 1.29 is 14.6 Å². The molecule has 12 heavy (non-hydrogen) atoms. The lowest BCUT2D eigenvalue weighted by atomic mass is 10.2. The molecular weight excluding hydrogens is 184 g/mol. The minimum atomic E-state index is -0.746. The molecule has 0 aromatic heterocycles. The second-order valence-electron chi connectivity index (χ2n) is 2.46. The zero-order valence-corrected chi connectivity index (χ0v) is 7.56. The van der Waals surface area contributed by atoms with Crippen LogP contribution in [0, 0.1) is 0 Å². The summed E-state index contributed by atoms with van der Waals surface area (Å²) in [7, 11) is 1.54. The number of hydrogen-bond donors (Lipinski definition) is 3. The molecule has 1 amide bonds. The van der Waals surface area contributed by atoms with Crippen LogP contribution in [0.3, 0.4) is 0 Å². The maximum atomic E-state index is 10.8. The van der Waals surface area contributed by atoms with Gasteiger partial charge in [0.15, 0.2) is 0 Å². The number of halogens is 1. The third-order valence-corrected chi connectivity index (χ3v) is 1.44. The van der Waals surface area contributed by atoms with Crippen molar-refractivity contribution >= 4 is 18.3 Å². The quantitative estimate of drug-likeness (QED) is 0.520. The molecule has 0 aromatic rings. The van der Waals surface area contributed by atoms with E-state index in [9.17, 15) is 4.79 Å². The van der Waals surface area contributed by atoms with Crippen LogP contribution in [-0.4, -0.2) is 37.1 Å². The van der Waals surface area contributed by atoms with Gasteiger partial charge in [0.2, 0.25) is 5.91 Å². The van der Waals surface area contributed by atoms with Crippen molar-refractivity contribution in [2.45, 2.75) is 18.8 Å². The van der Waals surface area contributed by atoms with E-state index in [-0.39, 0.29) is 30.9 Å². The summed E-state index contributed by atoms with van der Waals surface area (Å²) in [5, 5.41) is 14.4. The van der Waals surface area contributed by atoms with Gasteiger partial charge in [-0.2, -0.15) is 0 Å². The van der Waals surface area contributed by atoms with Gasteiger partial charge >= 0.3 is 0 Å². The first-order valence-electron chi connectivity index (χ1n) is 3.45. The fourth-order valence-electron chi connectivity index (χ4n) is 1.02. The molecule has 0 saturated carbocycles. The third-order valence-electron chi connectivity index (χ3n) is 1.44. The van der Waals surface area contributed by atoms with Crippen LogP contribution in [0.2, 0.25) is 0 Å². The van der Waals surface area contributed by atoms with Gasteiger partial charge in [-0.05, 0) is 0 Å². The summed E-state index contributed by atoms with van der Waals surface area (Å²) in [6, 6.07) is 0. The van der Waals surface area contributed by atoms with Gasteiger partial charge in [0.05, 0.1) is 13.0 Å². The first-order chi connectivity index (χ1) is 5.22. The highest BCUT2D eigenvalue weighted by Gasteiger charge is 2.23. The molecule has 5 nitrogen and oxygen atoms in total. The van der Waals surface area contributed by atoms with Crippen molar-refractivity contribution in [1.29, 1.82) is 0 Å². The molecule has 2 unspecified atom stereocenters. The number of rotatable bonds is 2. The Morgan fingerprint density at radius 2 is 2.42 bits per heavy atom. The van der Waals surface area contributed by atoms with E-state index < -0.39 is 6.23 Å². The van der Waals surface area contributed by atoms with Gasteiger partial charge in [-0.15, -0.1) is 12.4 Å². The number of ether oxygens (including phenoxy) is 1. The van der Waals surface area contributed by atoms with Crippen LogP contribution in [0.4, 0.5) is 0 Å². The highest BCUT2D eigenvalue weighted by atomic mass is 35.5. The summed E-state index contributed by atoms with van der Waals surface area (Å²) in [6.45, 7) is 0.364. The number of nitrogens with one attached hydrogen (secondary N) is 2. The highest BCUT2D eigenvalue weighted by molar-refractivity contribution is 5.85. The number of aliphatic hydroxyl groups excluding tert-OH is 1. The molecule has 1 saturated heterocycles. The van der Waals surface area contributed by atoms with E-state index >= 15 is 0 Å². The topological polar surface area (TPSA) is 70.6 Å². The Morgan fingerprint density at radius 3 is 2.92 bits per heavy atom. The molecule has 0 aliphatic carbocycles. The van der Waals surface area contributed by atoms with E-state index in [4.69, 9.17) is 9.84 Å². The van der Waals surface area contributed by atoms with Crippen LogP contribution in [0.25, 0.3) is 0 Å². The van der Waals surface area contributed by atoms with Crippen molar-refractivity contribution in [3.05, 3.63) is 0 Å². The van der Waals surface area contributed by atoms with E-state index in [2.05, 4.69) is 10.6 Å². The number of carbonyl (C=O) groups excluding carboxylic acids is 1. The smallest absolute Gasteiger partial charge is 0.225 e. The van der Waals surface area contributed by atoms with Crippen LogP contribution < -0.4 is 10.6 Å². The molecule has 2 atom stereocenters. The van der Waals surface area contributed by atoms with Crippen molar-refractivity contribution in [2.24, 2.45) is 0 Å². The van der Waals surface area contributed by atoms with Gasteiger partial charge in [-0.3, -0.25) is 10.1 Å². The Morgan fingerprint density at radius 1 is 1.75 bits per heavy atom. The van der Waals surface area contributed by atoms with Crippen LogP contribution in [0.5, 0.6) is 0 Å². The van der Waals surface area contributed by atoms with Gasteiger partial charge in [0.25, 0.3) is 0 Å². The van der Waals surface area contributed by atoms with Crippen LogP contribution >= 0.6 is 12.4 Å². The predicted octanol–water partition coefficient (Wildman–Crippen LogP) is -1.19. The van der Waals surface area contributed by atoms with Crippen molar-refractivity contribution in [1.82, 2.24) is 10.6 Å². The highest BCUT2D eigenvalue weighted by Crippen LogP contribution is 1.97. The Balaban J connectivity index is 0.00000121. The molecule has 6 heteroatoms. The Labute approximate surface area is 76.9 Å². The van der Waals surface area contributed by atoms with Crippen molar-refractivity contribution in [3.8, 4) is 0 Å². The number of hydrogen-bond acceptors (Lipinski definition) is 4. The van der Waals surface area contributed by atoms with Gasteiger partial charge in [-0.1, -0.05) is 0 Å². The van der Waals surface area contributed by atoms with E-state index in [1.807, 2.05) is 0 Å². The van der Waals surface area contributed by atoms with Crippen LogP contribution in [0.1, 0.15) is 6.42 Å². The van der Waals surface area contributed by atoms with Crippen molar-refractivity contribution in [2.75, 3.05) is 13.7 Å². The molecule has 1 fully saturated rings. The number of aliphatic hydroxyl groups is 1. The second-order valence-corrected chi connectivity index (χ2v) is 2.46. The van der Waals surface area contributed by atoms with Crippen LogP contribution in [-0.2, 0) is 9.53 Å². The summed E-state index contributed by atoms with van der Waals surface area (Å²) >= 11 is 0. The third kappa shape index (κ3) is 3.36. The van der Waals surface area contributed by atoms with E-state index in [1.165, 1.54) is 7.11 Å². The standard InChI is InChI=1S/C6H12N2O3.ClH/c1-11-3-4-7-5(9)2-6(10)8-4;/h4-5,7,9H,2-3H2,1H3,(H,8,10);1H. The molecule has 1 aliphatic heterocycles. The maximum absolute atomic E-state index is 10.8. The van der Waals surface area contributed by atoms with Gasteiger partial charge < -0.3 is 15.2 Å². The predicted molar refractivity (Wildman–Crippen MR) is 44.8 cm³/mol. The first kappa shape index (κ1) is 11.6. The maximum Gasteiger partial charge on any atom is 0.225 e. The lowest BCUT2D eigenvalue weighted by molar-refractivity contribution is -0.128. The summed E-state index contributed by atoms with van der Waals surface area (Å²) in [6.07, 6.45) is -0.902. The zero-order valence-electron chi connectivity index (χ0n) is 6.74. The lowest BCUT2D eigenvalue weighted by Gasteiger charge is -2.27. The monoisotopic (exact) mass is 196 g/mol. The van der Waals surface area contributed by atoms with Gasteiger partial charge in [0, 0.05) is 7.11 Å². The molecular formula is C6H13ClN2O3. The Bertz CT molecular complexity index is 156. The molecule has 72 valence electrons. The average Bonchev–Trinajstić information content (AvgIpc) is 1.85. The Hall–Kier alpha value is -0.360. The lowest BCUT2D eigenvalue weighted by Crippen LogP contribution is -2.58. The number of amides is 1. The minimum absolute atomic E-state index is 0. The van der Waals surface area contributed by atoms with Gasteiger partial charge in [0.1, 0.15) is 12.4 Å². The second kappa shape index (κ2) is 5.31. The van der Waals surface area contributed by atoms with Gasteiger partial charge in [-0.25, -0.2) is 0 Å². The number of carbonyl (C=O) groups is 1. The summed E-state index contributed by atoms with van der Waals surface area (Å²) < 4.78 is 4.79. The van der Waals surface area contributed by atoms with E-state index in [0.29, 0.717) is 6.61 Å². The SMILES string of the molecule is COCC1NC(=O)CC(O)N1.Cl. The average molecular weight is 197 g/mol. The van der Waals surface area contributed by atoms with Crippen LogP contribution in [0.15, 0.2) is 0 Å². The molecule has 1 rings (SSSR count). The molecule has 3 N–H and O–H groups in total. The Kier molecular flexibility index (Phi) is 5.16. The molecule has 0 radical (unpaired) electrons. The summed E-state index contributed by atoms with van der Waals surface area (Å²) in [5.41, 5.74) is 0. The van der Waals surface area contributed by atoms with Crippen molar-refractivity contribution in [3.63, 3.8) is 0 Å². The van der Waals surface area contributed by atoms with E-state index in [0.717, 1.165) is 0 Å². The largest absolute Gasteiger partial charge is 0.381 e.